The van der Waals surface area contributed by atoms with Crippen LogP contribution in [0.4, 0.5) is 0 Å². The van der Waals surface area contributed by atoms with Gasteiger partial charge < -0.3 is 15.7 Å². The molecule has 5 atom stereocenters. The fraction of sp³-hybridized carbons (Fsp3) is 0.704. The fourth-order valence-corrected chi connectivity index (χ4v) is 6.40. The first-order valence-corrected chi connectivity index (χ1v) is 14.9. The molecule has 0 unspecified atom stereocenters. The summed E-state index contributed by atoms with van der Waals surface area (Å²) < 4.78 is 25.6. The van der Waals surface area contributed by atoms with E-state index in [1.807, 2.05) is 24.3 Å². The van der Waals surface area contributed by atoms with Crippen LogP contribution in [0.2, 0.25) is 0 Å². The molecule has 8 heteroatoms. The summed E-state index contributed by atoms with van der Waals surface area (Å²) in [7, 11) is -3.49. The highest BCUT2D eigenvalue weighted by atomic mass is 32.2. The Bertz CT molecular complexity index is 933. The van der Waals surface area contributed by atoms with E-state index < -0.39 is 33.8 Å². The van der Waals surface area contributed by atoms with Gasteiger partial charge in [-0.3, -0.25) is 9.59 Å². The van der Waals surface area contributed by atoms with Gasteiger partial charge >= 0.3 is 0 Å². The van der Waals surface area contributed by atoms with Crippen molar-refractivity contribution in [2.24, 2.45) is 17.8 Å². The minimum absolute atomic E-state index is 0.0917. The molecule has 0 aromatic heterocycles. The molecule has 1 aromatic carbocycles. The summed E-state index contributed by atoms with van der Waals surface area (Å²) >= 11 is 0. The first-order valence-electron chi connectivity index (χ1n) is 13.0. The highest BCUT2D eigenvalue weighted by Crippen LogP contribution is 2.22. The normalized spacial score (nSPS) is 25.4. The van der Waals surface area contributed by atoms with Gasteiger partial charge in [0.1, 0.15) is 0 Å². The van der Waals surface area contributed by atoms with E-state index in [4.69, 9.17) is 0 Å². The molecule has 0 radical (unpaired) electrons. The van der Waals surface area contributed by atoms with Crippen molar-refractivity contribution >= 4 is 21.7 Å². The van der Waals surface area contributed by atoms with Crippen LogP contribution >= 0.6 is 0 Å². The van der Waals surface area contributed by atoms with Crippen LogP contribution < -0.4 is 10.6 Å². The van der Waals surface area contributed by atoms with E-state index in [-0.39, 0.29) is 35.7 Å². The zero-order valence-corrected chi connectivity index (χ0v) is 22.6. The molecular formula is C27H44N2O5S. The van der Waals surface area contributed by atoms with Gasteiger partial charge in [-0.15, -0.1) is 0 Å². The molecule has 1 aromatic rings. The summed E-state index contributed by atoms with van der Waals surface area (Å²) in [4.78, 5) is 25.4. The molecule has 2 amide bonds. The molecule has 0 saturated heterocycles. The predicted molar refractivity (Wildman–Crippen MR) is 139 cm³/mol. The minimum atomic E-state index is -3.49. The van der Waals surface area contributed by atoms with E-state index >= 15 is 0 Å². The predicted octanol–water partition coefficient (Wildman–Crippen LogP) is 3.39. The van der Waals surface area contributed by atoms with Gasteiger partial charge in [0.15, 0.2) is 9.84 Å². The number of hydrogen-bond acceptors (Lipinski definition) is 5. The Balaban J connectivity index is 2.15. The number of aliphatic hydroxyl groups is 1. The van der Waals surface area contributed by atoms with Crippen LogP contribution in [0.15, 0.2) is 24.3 Å². The van der Waals surface area contributed by atoms with Gasteiger partial charge in [-0.2, -0.15) is 0 Å². The Morgan fingerprint density at radius 3 is 2.69 bits per heavy atom. The van der Waals surface area contributed by atoms with E-state index in [0.29, 0.717) is 13.0 Å². The van der Waals surface area contributed by atoms with E-state index in [2.05, 4.69) is 24.5 Å². The number of aliphatic hydroxyl groups excluding tert-OH is 1. The Morgan fingerprint density at radius 2 is 1.97 bits per heavy atom. The van der Waals surface area contributed by atoms with Gasteiger partial charge in [-0.25, -0.2) is 8.42 Å². The monoisotopic (exact) mass is 508 g/mol. The number of rotatable bonds is 7. The third-order valence-corrected chi connectivity index (χ3v) is 8.59. The lowest BCUT2D eigenvalue weighted by Crippen LogP contribution is -2.48. The van der Waals surface area contributed by atoms with Crippen LogP contribution in [0.3, 0.4) is 0 Å². The Kier molecular flexibility index (Phi) is 11.7. The minimum Gasteiger partial charge on any atom is -0.391 e. The van der Waals surface area contributed by atoms with E-state index in [0.717, 1.165) is 43.2 Å². The number of unbranched alkanes of at least 4 members (excludes halogenated alkanes) is 1. The number of amides is 2. The highest BCUT2D eigenvalue weighted by molar-refractivity contribution is 7.90. The molecule has 7 nitrogen and oxygen atoms in total. The number of nitrogens with one attached hydrogen (secondary N) is 2. The lowest BCUT2D eigenvalue weighted by atomic mass is 9.89. The standard InChI is InChI=1S/C27H44N2O5S/c1-5-6-13-28-26(31)20(3)15-25(30)24-14-19(2)9-7-10-22-11-8-12-23(16-22)18-35(33,34)17-21(4)27(32)29-24/h8,11-12,16,19-21,24-25,30H,5-7,9-10,13-15,17-18H2,1-4H3,(H,28,31)(H,29,32)/t19-,20-,21-,24+,25+/m1/s1. The quantitative estimate of drug-likeness (QED) is 0.489. The van der Waals surface area contributed by atoms with Gasteiger partial charge in [0.05, 0.1) is 23.7 Å². The van der Waals surface area contributed by atoms with E-state index in [9.17, 15) is 23.1 Å². The second-order valence-corrected chi connectivity index (χ2v) is 12.6. The first kappa shape index (κ1) is 29.3. The van der Waals surface area contributed by atoms with Crippen LogP contribution in [0.5, 0.6) is 0 Å². The first-order chi connectivity index (χ1) is 16.5. The van der Waals surface area contributed by atoms with Crippen LogP contribution in [-0.4, -0.2) is 49.8 Å². The lowest BCUT2D eigenvalue weighted by Gasteiger charge is -2.29. The molecular weight excluding hydrogens is 464 g/mol. The van der Waals surface area contributed by atoms with E-state index in [1.54, 1.807) is 13.8 Å². The van der Waals surface area contributed by atoms with Crippen molar-refractivity contribution < 1.29 is 23.1 Å². The molecule has 35 heavy (non-hydrogen) atoms. The molecule has 0 fully saturated rings. The average Bonchev–Trinajstić information content (AvgIpc) is 2.77. The molecule has 198 valence electrons. The number of carbonyl (C=O) groups is 2. The topological polar surface area (TPSA) is 113 Å². The van der Waals surface area contributed by atoms with Gasteiger partial charge in [-0.1, -0.05) is 64.8 Å². The maximum absolute atomic E-state index is 13.0. The molecule has 2 rings (SSSR count). The molecule has 0 spiro atoms. The molecule has 1 aliphatic rings. The summed E-state index contributed by atoms with van der Waals surface area (Å²) in [5.41, 5.74) is 1.86. The Morgan fingerprint density at radius 1 is 1.26 bits per heavy atom. The third kappa shape index (κ3) is 10.3. The summed E-state index contributed by atoms with van der Waals surface area (Å²) in [6, 6.07) is 7.14. The Hall–Kier alpha value is -1.93. The highest BCUT2D eigenvalue weighted by Gasteiger charge is 2.30. The summed E-state index contributed by atoms with van der Waals surface area (Å²) in [6.07, 6.45) is 4.49. The van der Waals surface area contributed by atoms with E-state index in [1.165, 1.54) is 0 Å². The van der Waals surface area contributed by atoms with Crippen molar-refractivity contribution in [1.29, 1.82) is 0 Å². The van der Waals surface area contributed by atoms with Crippen molar-refractivity contribution in [2.45, 2.75) is 90.5 Å². The molecule has 3 N–H and O–H groups in total. The molecule has 1 heterocycles. The van der Waals surface area contributed by atoms with Crippen LogP contribution in [0.25, 0.3) is 0 Å². The van der Waals surface area contributed by atoms with Gasteiger partial charge in [-0.05, 0) is 49.1 Å². The maximum atomic E-state index is 13.0. The van der Waals surface area contributed by atoms with Crippen LogP contribution in [0, 0.1) is 17.8 Å². The van der Waals surface area contributed by atoms with Crippen LogP contribution in [-0.2, 0) is 31.6 Å². The number of sulfone groups is 1. The van der Waals surface area contributed by atoms with Gasteiger partial charge in [0.25, 0.3) is 0 Å². The van der Waals surface area contributed by atoms with Crippen LogP contribution in [0.1, 0.15) is 77.3 Å². The summed E-state index contributed by atoms with van der Waals surface area (Å²) in [5, 5.41) is 16.8. The second-order valence-electron chi connectivity index (χ2n) is 10.5. The Labute approximate surface area is 211 Å². The largest absolute Gasteiger partial charge is 0.391 e. The van der Waals surface area contributed by atoms with Crippen molar-refractivity contribution in [1.82, 2.24) is 10.6 Å². The van der Waals surface area contributed by atoms with Crippen molar-refractivity contribution in [2.75, 3.05) is 12.3 Å². The smallest absolute Gasteiger partial charge is 0.224 e. The SMILES string of the molecule is CCCCNC(=O)[C@H](C)C[C@H](O)[C@@H]1C[C@H](C)CCCc2cccc(c2)CS(=O)(=O)C[C@@H](C)C(=O)N1. The van der Waals surface area contributed by atoms with Crippen molar-refractivity contribution in [3.63, 3.8) is 0 Å². The van der Waals surface area contributed by atoms with Crippen molar-refractivity contribution in [3.05, 3.63) is 35.4 Å². The summed E-state index contributed by atoms with van der Waals surface area (Å²) in [6.45, 7) is 8.17. The number of benzene rings is 1. The molecule has 2 bridgehead atoms. The molecule has 1 aliphatic heterocycles. The number of aryl methyl sites for hydroxylation is 1. The third-order valence-electron chi connectivity index (χ3n) is 6.81. The fourth-order valence-electron chi connectivity index (χ4n) is 4.68. The number of fused-ring (bicyclic) bond motifs is 2. The molecule has 0 saturated carbocycles. The molecule has 0 aliphatic carbocycles. The van der Waals surface area contributed by atoms with Gasteiger partial charge in [0.2, 0.25) is 11.8 Å². The maximum Gasteiger partial charge on any atom is 0.224 e. The van der Waals surface area contributed by atoms with Gasteiger partial charge in [0, 0.05) is 18.4 Å². The average molecular weight is 509 g/mol. The summed E-state index contributed by atoms with van der Waals surface area (Å²) in [5.74, 6) is -1.72. The second kappa shape index (κ2) is 14.0. The zero-order valence-electron chi connectivity index (χ0n) is 21.8. The zero-order chi connectivity index (χ0) is 26.0. The van der Waals surface area contributed by atoms with Crippen molar-refractivity contribution in [3.8, 4) is 0 Å². The number of hydrogen-bond donors (Lipinski definition) is 3. The number of carbonyl (C=O) groups excluding carboxylic acids is 2. The lowest BCUT2D eigenvalue weighted by molar-refractivity contribution is -0.126.